The first-order chi connectivity index (χ1) is 8.68. The van der Waals surface area contributed by atoms with Gasteiger partial charge < -0.3 is 15.3 Å². The lowest BCUT2D eigenvalue weighted by Gasteiger charge is -2.34. The quantitative estimate of drug-likeness (QED) is 0.785. The predicted molar refractivity (Wildman–Crippen MR) is 70.7 cm³/mol. The Labute approximate surface area is 111 Å². The summed E-state index contributed by atoms with van der Waals surface area (Å²) < 4.78 is 0. The number of carbonyl (C=O) groups is 2. The Balaban J connectivity index is 1.91. The van der Waals surface area contributed by atoms with Crippen molar-refractivity contribution in [3.05, 3.63) is 0 Å². The van der Waals surface area contributed by atoms with Gasteiger partial charge in [0, 0.05) is 37.1 Å². The minimum atomic E-state index is -0.867. The number of thioether (sulfide) groups is 1. The maximum atomic E-state index is 12.2. The molecule has 2 heterocycles. The van der Waals surface area contributed by atoms with Gasteiger partial charge in [-0.2, -0.15) is 11.8 Å². The van der Waals surface area contributed by atoms with Crippen LogP contribution in [0.1, 0.15) is 25.7 Å². The van der Waals surface area contributed by atoms with Gasteiger partial charge in [-0.05, 0) is 19.3 Å². The van der Waals surface area contributed by atoms with Crippen LogP contribution in [0.2, 0.25) is 0 Å². The third-order valence-corrected chi connectivity index (χ3v) is 4.66. The van der Waals surface area contributed by atoms with Gasteiger partial charge in [0.25, 0.3) is 0 Å². The second kappa shape index (κ2) is 6.43. The van der Waals surface area contributed by atoms with E-state index in [0.717, 1.165) is 30.9 Å². The van der Waals surface area contributed by atoms with Gasteiger partial charge >= 0.3 is 5.97 Å². The number of nitrogens with zero attached hydrogens (tertiary/aromatic N) is 1. The van der Waals surface area contributed by atoms with Gasteiger partial charge in [-0.3, -0.25) is 4.79 Å². The summed E-state index contributed by atoms with van der Waals surface area (Å²) in [5.74, 6) is 1.15. The third-order valence-electron chi connectivity index (χ3n) is 3.53. The Kier molecular flexibility index (Phi) is 4.88. The molecule has 5 nitrogen and oxygen atoms in total. The summed E-state index contributed by atoms with van der Waals surface area (Å²) in [7, 11) is 0. The third kappa shape index (κ3) is 3.38. The molecule has 2 aliphatic heterocycles. The van der Waals surface area contributed by atoms with E-state index in [2.05, 4.69) is 5.32 Å². The van der Waals surface area contributed by atoms with Crippen molar-refractivity contribution in [3.8, 4) is 0 Å². The highest BCUT2D eigenvalue weighted by Crippen LogP contribution is 2.20. The van der Waals surface area contributed by atoms with E-state index < -0.39 is 12.0 Å². The topological polar surface area (TPSA) is 69.6 Å². The lowest BCUT2D eigenvalue weighted by Crippen LogP contribution is -2.50. The van der Waals surface area contributed by atoms with Crippen LogP contribution in [-0.2, 0) is 9.59 Å². The van der Waals surface area contributed by atoms with E-state index in [1.807, 2.05) is 11.8 Å². The smallest absolute Gasteiger partial charge is 0.326 e. The second-order valence-electron chi connectivity index (χ2n) is 4.87. The lowest BCUT2D eigenvalue weighted by atomic mass is 10.0. The predicted octanol–water partition coefficient (Wildman–Crippen LogP) is 0.547. The molecule has 1 unspecified atom stereocenters. The molecule has 2 atom stereocenters. The maximum absolute atomic E-state index is 12.2. The summed E-state index contributed by atoms with van der Waals surface area (Å²) in [5.41, 5.74) is 0. The molecule has 2 rings (SSSR count). The molecule has 0 aromatic carbocycles. The van der Waals surface area contributed by atoms with Gasteiger partial charge in [-0.25, -0.2) is 4.79 Å². The van der Waals surface area contributed by atoms with E-state index in [-0.39, 0.29) is 11.9 Å². The van der Waals surface area contributed by atoms with Crippen LogP contribution in [0.3, 0.4) is 0 Å². The van der Waals surface area contributed by atoms with Crippen molar-refractivity contribution in [2.75, 3.05) is 24.6 Å². The number of nitrogens with one attached hydrogen (secondary N) is 1. The molecule has 0 bridgehead atoms. The van der Waals surface area contributed by atoms with Gasteiger partial charge in [-0.1, -0.05) is 0 Å². The fourth-order valence-electron chi connectivity index (χ4n) is 2.57. The molecule has 0 spiro atoms. The highest BCUT2D eigenvalue weighted by Gasteiger charge is 2.32. The summed E-state index contributed by atoms with van der Waals surface area (Å²) in [6, 6.07) is -0.407. The highest BCUT2D eigenvalue weighted by molar-refractivity contribution is 7.99. The molecule has 6 heteroatoms. The number of rotatable bonds is 3. The Morgan fingerprint density at radius 2 is 2.22 bits per heavy atom. The molecule has 2 aliphatic rings. The van der Waals surface area contributed by atoms with E-state index >= 15 is 0 Å². The number of carboxylic acid groups (broad SMARTS) is 1. The van der Waals surface area contributed by atoms with Crippen LogP contribution in [-0.4, -0.2) is 58.6 Å². The van der Waals surface area contributed by atoms with Crippen molar-refractivity contribution in [2.24, 2.45) is 0 Å². The number of amides is 1. The van der Waals surface area contributed by atoms with E-state index in [1.165, 1.54) is 0 Å². The molecule has 0 radical (unpaired) electrons. The molecule has 2 saturated heterocycles. The fraction of sp³-hybridized carbons (Fsp3) is 0.833. The monoisotopic (exact) mass is 272 g/mol. The minimum Gasteiger partial charge on any atom is -0.480 e. The van der Waals surface area contributed by atoms with Crippen LogP contribution in [0.15, 0.2) is 0 Å². The standard InChI is InChI=1S/C12H20N2O3S/c15-11(7-9-8-18-6-4-13-9)14-5-2-1-3-10(14)12(16)17/h9-10,13H,1-8H2,(H,16,17)/t9?,10-/m1/s1. The van der Waals surface area contributed by atoms with E-state index in [0.29, 0.717) is 19.4 Å². The molecule has 0 saturated carbocycles. The maximum Gasteiger partial charge on any atom is 0.326 e. The van der Waals surface area contributed by atoms with Crippen LogP contribution < -0.4 is 5.32 Å². The van der Waals surface area contributed by atoms with Gasteiger partial charge in [0.15, 0.2) is 0 Å². The van der Waals surface area contributed by atoms with Crippen molar-refractivity contribution >= 4 is 23.6 Å². The lowest BCUT2D eigenvalue weighted by molar-refractivity contribution is -0.152. The van der Waals surface area contributed by atoms with Crippen molar-refractivity contribution in [2.45, 2.75) is 37.8 Å². The first-order valence-corrected chi connectivity index (χ1v) is 7.67. The number of piperidine rings is 1. The Hall–Kier alpha value is -0.750. The van der Waals surface area contributed by atoms with Gasteiger partial charge in [-0.15, -0.1) is 0 Å². The normalized spacial score (nSPS) is 29.0. The highest BCUT2D eigenvalue weighted by atomic mass is 32.2. The zero-order valence-electron chi connectivity index (χ0n) is 10.4. The second-order valence-corrected chi connectivity index (χ2v) is 6.02. The van der Waals surface area contributed by atoms with Crippen molar-refractivity contribution < 1.29 is 14.7 Å². The number of likely N-dealkylation sites (tertiary alicyclic amines) is 1. The van der Waals surface area contributed by atoms with Gasteiger partial charge in [0.1, 0.15) is 6.04 Å². The molecular formula is C12H20N2O3S. The summed E-state index contributed by atoms with van der Waals surface area (Å²) >= 11 is 1.85. The summed E-state index contributed by atoms with van der Waals surface area (Å²) in [6.45, 7) is 1.53. The zero-order chi connectivity index (χ0) is 13.0. The molecule has 2 N–H and O–H groups in total. The molecule has 2 fully saturated rings. The summed E-state index contributed by atoms with van der Waals surface area (Å²) in [4.78, 5) is 24.9. The average molecular weight is 272 g/mol. The molecular weight excluding hydrogens is 252 g/mol. The van der Waals surface area contributed by atoms with E-state index in [1.54, 1.807) is 4.90 Å². The Morgan fingerprint density at radius 3 is 2.89 bits per heavy atom. The van der Waals surface area contributed by atoms with Gasteiger partial charge in [0.05, 0.1) is 0 Å². The van der Waals surface area contributed by atoms with Crippen LogP contribution in [0.4, 0.5) is 0 Å². The van der Waals surface area contributed by atoms with Crippen LogP contribution in [0, 0.1) is 0 Å². The Morgan fingerprint density at radius 1 is 1.39 bits per heavy atom. The number of carbonyl (C=O) groups excluding carboxylic acids is 1. The minimum absolute atomic E-state index is 0.0119. The van der Waals surface area contributed by atoms with Crippen LogP contribution in [0.25, 0.3) is 0 Å². The van der Waals surface area contributed by atoms with E-state index in [9.17, 15) is 9.59 Å². The zero-order valence-corrected chi connectivity index (χ0v) is 11.2. The SMILES string of the molecule is O=C(O)[C@H]1CCCCN1C(=O)CC1CSCCN1. The fourth-order valence-corrected chi connectivity index (χ4v) is 3.51. The molecule has 1 amide bonds. The first-order valence-electron chi connectivity index (χ1n) is 6.52. The van der Waals surface area contributed by atoms with Crippen molar-refractivity contribution in [1.29, 1.82) is 0 Å². The molecule has 102 valence electrons. The number of hydrogen-bond donors (Lipinski definition) is 2. The van der Waals surface area contributed by atoms with Crippen molar-refractivity contribution in [1.82, 2.24) is 10.2 Å². The van der Waals surface area contributed by atoms with Crippen LogP contribution in [0.5, 0.6) is 0 Å². The van der Waals surface area contributed by atoms with E-state index in [4.69, 9.17) is 5.11 Å². The van der Waals surface area contributed by atoms with Gasteiger partial charge in [0.2, 0.25) is 5.91 Å². The first kappa shape index (κ1) is 13.7. The number of aliphatic carboxylic acids is 1. The molecule has 18 heavy (non-hydrogen) atoms. The van der Waals surface area contributed by atoms with Crippen LogP contribution >= 0.6 is 11.8 Å². The summed E-state index contributed by atoms with van der Waals surface area (Å²) in [5, 5.41) is 12.5. The summed E-state index contributed by atoms with van der Waals surface area (Å²) in [6.07, 6.45) is 2.84. The molecule has 0 aromatic heterocycles. The molecule has 0 aromatic rings. The average Bonchev–Trinajstić information content (AvgIpc) is 2.40. The largest absolute Gasteiger partial charge is 0.480 e. The number of carboxylic acids is 1. The van der Waals surface area contributed by atoms with Crippen molar-refractivity contribution in [3.63, 3.8) is 0 Å². The Bertz CT molecular complexity index is 318. The number of hydrogen-bond acceptors (Lipinski definition) is 4. The molecule has 0 aliphatic carbocycles.